The van der Waals surface area contributed by atoms with Gasteiger partial charge in [0.2, 0.25) is 0 Å². The highest BCUT2D eigenvalue weighted by Crippen LogP contribution is 2.23. The van der Waals surface area contributed by atoms with Gasteiger partial charge in [-0.2, -0.15) is 0 Å². The molecule has 2 rings (SSSR count). The van der Waals surface area contributed by atoms with Crippen molar-refractivity contribution in [2.45, 2.75) is 32.4 Å². The molecule has 0 radical (unpaired) electrons. The van der Waals surface area contributed by atoms with E-state index < -0.39 is 8.80 Å². The minimum absolute atomic E-state index is 0.0507. The number of likely N-dealkylation sites (N-methyl/N-ethyl adjacent to an activating group) is 1. The maximum atomic E-state index is 6.38. The zero-order valence-corrected chi connectivity index (χ0v) is 15.5. The first-order chi connectivity index (χ1) is 11.2. The van der Waals surface area contributed by atoms with Gasteiger partial charge >= 0.3 is 8.80 Å². The summed E-state index contributed by atoms with van der Waals surface area (Å²) in [5.41, 5.74) is 1.17. The van der Waals surface area contributed by atoms with Crippen LogP contribution in [0.1, 0.15) is 20.3 Å². The Morgan fingerprint density at radius 3 is 2.52 bits per heavy atom. The smallest absolute Gasteiger partial charge is 0.379 e. The second-order valence-corrected chi connectivity index (χ2v) is 8.36. The van der Waals surface area contributed by atoms with E-state index in [1.807, 2.05) is 32.0 Å². The Kier molecular flexibility index (Phi) is 7.52. The molecule has 0 aliphatic carbocycles. The van der Waals surface area contributed by atoms with Gasteiger partial charge < -0.3 is 22.9 Å². The van der Waals surface area contributed by atoms with E-state index in [2.05, 4.69) is 24.1 Å². The molecule has 1 unspecified atom stereocenters. The Bertz CT molecular complexity index is 439. The lowest BCUT2D eigenvalue weighted by molar-refractivity contribution is -0.0215. The molecule has 1 aliphatic rings. The van der Waals surface area contributed by atoms with Crippen molar-refractivity contribution in [3.63, 3.8) is 0 Å². The van der Waals surface area contributed by atoms with Gasteiger partial charge in [-0.1, -0.05) is 18.2 Å². The molecule has 5 nitrogen and oxygen atoms in total. The van der Waals surface area contributed by atoms with Crippen LogP contribution in [0, 0.1) is 0 Å². The Morgan fingerprint density at radius 1 is 1.17 bits per heavy atom. The number of para-hydroxylation sites is 1. The van der Waals surface area contributed by atoms with Crippen LogP contribution < -0.4 is 4.90 Å². The van der Waals surface area contributed by atoms with Gasteiger partial charge in [0.05, 0.1) is 12.7 Å². The largest absolute Gasteiger partial charge is 0.501 e. The summed E-state index contributed by atoms with van der Waals surface area (Å²) in [6, 6.07) is 11.1. The number of anilines is 1. The van der Waals surface area contributed by atoms with Gasteiger partial charge in [-0.25, -0.2) is 0 Å². The molecule has 1 aromatic carbocycles. The van der Waals surface area contributed by atoms with Gasteiger partial charge in [-0.3, -0.25) is 0 Å². The molecule has 0 spiro atoms. The lowest BCUT2D eigenvalue weighted by Crippen LogP contribution is -2.52. The van der Waals surface area contributed by atoms with Crippen LogP contribution in [0.2, 0.25) is 6.04 Å². The maximum absolute atomic E-state index is 6.38. The SMILES string of the molecule is CCO[Si]1(OCC)CCCOCC(CN(C)c2ccccc2)O1. The fraction of sp³-hybridized carbons (Fsp3) is 0.647. The second kappa shape index (κ2) is 9.39. The zero-order valence-electron chi connectivity index (χ0n) is 14.5. The minimum atomic E-state index is -2.60. The van der Waals surface area contributed by atoms with Crippen LogP contribution in [0.15, 0.2) is 30.3 Å². The Morgan fingerprint density at radius 2 is 1.87 bits per heavy atom. The minimum Gasteiger partial charge on any atom is -0.379 e. The van der Waals surface area contributed by atoms with Crippen molar-refractivity contribution in [2.24, 2.45) is 0 Å². The van der Waals surface area contributed by atoms with Gasteiger partial charge in [0.15, 0.2) is 0 Å². The van der Waals surface area contributed by atoms with Crippen molar-refractivity contribution in [1.29, 1.82) is 0 Å². The van der Waals surface area contributed by atoms with E-state index >= 15 is 0 Å². The van der Waals surface area contributed by atoms with Crippen LogP contribution >= 0.6 is 0 Å². The summed E-state index contributed by atoms with van der Waals surface area (Å²) in [6.07, 6.45) is 0.873. The normalized spacial score (nSPS) is 21.4. The van der Waals surface area contributed by atoms with E-state index in [4.69, 9.17) is 18.0 Å². The van der Waals surface area contributed by atoms with Gasteiger partial charge in [-0.05, 0) is 32.4 Å². The summed E-state index contributed by atoms with van der Waals surface area (Å²) < 4.78 is 24.1. The third-order valence-electron chi connectivity index (χ3n) is 3.82. The van der Waals surface area contributed by atoms with Crippen LogP contribution in [-0.4, -0.2) is 54.9 Å². The van der Waals surface area contributed by atoms with Crippen LogP contribution in [-0.2, 0) is 18.0 Å². The molecular weight excluding hydrogens is 310 g/mol. The van der Waals surface area contributed by atoms with E-state index in [-0.39, 0.29) is 6.10 Å². The molecule has 6 heteroatoms. The predicted molar refractivity (Wildman–Crippen MR) is 93.8 cm³/mol. The molecule has 1 aromatic rings. The summed E-state index contributed by atoms with van der Waals surface area (Å²) >= 11 is 0. The first-order valence-electron chi connectivity index (χ1n) is 8.48. The van der Waals surface area contributed by atoms with Crippen molar-refractivity contribution in [3.05, 3.63) is 30.3 Å². The Labute approximate surface area is 140 Å². The summed E-state index contributed by atoms with van der Waals surface area (Å²) in [4.78, 5) is 2.19. The zero-order chi connectivity index (χ0) is 16.5. The number of hydrogen-bond acceptors (Lipinski definition) is 5. The molecule has 1 saturated heterocycles. The van der Waals surface area contributed by atoms with E-state index in [1.165, 1.54) is 5.69 Å². The lowest BCUT2D eigenvalue weighted by atomic mass is 10.2. The quantitative estimate of drug-likeness (QED) is 0.714. The third kappa shape index (κ3) is 5.58. The van der Waals surface area contributed by atoms with Gasteiger partial charge in [0.1, 0.15) is 0 Å². The number of ether oxygens (including phenoxy) is 1. The van der Waals surface area contributed by atoms with E-state index in [0.29, 0.717) is 19.8 Å². The fourth-order valence-corrected chi connectivity index (χ4v) is 5.56. The highest BCUT2D eigenvalue weighted by Gasteiger charge is 2.43. The molecule has 1 heterocycles. The van der Waals surface area contributed by atoms with Crippen molar-refractivity contribution >= 4 is 14.5 Å². The number of benzene rings is 1. The molecule has 0 bridgehead atoms. The van der Waals surface area contributed by atoms with Crippen LogP contribution in [0.25, 0.3) is 0 Å². The summed E-state index contributed by atoms with van der Waals surface area (Å²) in [6.45, 7) is 7.30. The topological polar surface area (TPSA) is 40.2 Å². The number of nitrogens with zero attached hydrogens (tertiary/aromatic N) is 1. The molecule has 1 aliphatic heterocycles. The third-order valence-corrected chi connectivity index (χ3v) is 6.94. The number of hydrogen-bond donors (Lipinski definition) is 0. The highest BCUT2D eigenvalue weighted by molar-refractivity contribution is 6.60. The molecule has 0 N–H and O–H groups in total. The van der Waals surface area contributed by atoms with Crippen molar-refractivity contribution in [3.8, 4) is 0 Å². The van der Waals surface area contributed by atoms with Gasteiger partial charge in [0.25, 0.3) is 0 Å². The molecule has 0 saturated carbocycles. The van der Waals surface area contributed by atoms with Gasteiger partial charge in [-0.15, -0.1) is 0 Å². The first kappa shape index (κ1) is 18.4. The lowest BCUT2D eigenvalue weighted by Gasteiger charge is -2.36. The molecule has 1 fully saturated rings. The van der Waals surface area contributed by atoms with E-state index in [9.17, 15) is 0 Å². The average Bonchev–Trinajstić information content (AvgIpc) is 2.53. The molecule has 0 amide bonds. The highest BCUT2D eigenvalue weighted by atomic mass is 28.4. The predicted octanol–water partition coefficient (Wildman–Crippen LogP) is 2.94. The summed E-state index contributed by atoms with van der Waals surface area (Å²) in [7, 11) is -0.531. The summed E-state index contributed by atoms with van der Waals surface area (Å²) in [5.74, 6) is 0. The van der Waals surface area contributed by atoms with E-state index in [0.717, 1.165) is 25.6 Å². The standard InChI is InChI=1S/C17H29NO4Si/c1-4-20-23(21-5-2)13-9-12-19-15-17(22-23)14-18(3)16-10-7-6-8-11-16/h6-8,10-11,17H,4-5,9,12-15H2,1-3H3. The monoisotopic (exact) mass is 339 g/mol. The van der Waals surface area contributed by atoms with Crippen LogP contribution in [0.3, 0.4) is 0 Å². The summed E-state index contributed by atoms with van der Waals surface area (Å²) in [5, 5.41) is 0. The van der Waals surface area contributed by atoms with E-state index in [1.54, 1.807) is 0 Å². The molecule has 23 heavy (non-hydrogen) atoms. The van der Waals surface area contributed by atoms with Crippen molar-refractivity contribution in [1.82, 2.24) is 0 Å². The molecule has 0 aromatic heterocycles. The Balaban J connectivity index is 2.05. The molecular formula is C17H29NO4Si. The van der Waals surface area contributed by atoms with Crippen molar-refractivity contribution in [2.75, 3.05) is 44.9 Å². The molecule has 1 atom stereocenters. The molecule has 130 valence electrons. The second-order valence-electron chi connectivity index (χ2n) is 5.68. The fourth-order valence-electron chi connectivity index (χ4n) is 2.83. The van der Waals surface area contributed by atoms with Crippen LogP contribution in [0.5, 0.6) is 0 Å². The average molecular weight is 340 g/mol. The van der Waals surface area contributed by atoms with Gasteiger partial charge in [0, 0.05) is 45.1 Å². The Hall–Kier alpha value is -0.923. The number of rotatable bonds is 7. The first-order valence-corrected chi connectivity index (χ1v) is 10.4. The van der Waals surface area contributed by atoms with Crippen molar-refractivity contribution < 1.29 is 18.0 Å². The maximum Gasteiger partial charge on any atom is 0.501 e. The van der Waals surface area contributed by atoms with Crippen LogP contribution in [0.4, 0.5) is 5.69 Å².